The monoisotopic (exact) mass is 910 g/mol. The lowest BCUT2D eigenvalue weighted by Gasteiger charge is -2.35. The third kappa shape index (κ3) is 21.9. The van der Waals surface area contributed by atoms with Crippen LogP contribution in [0.2, 0.25) is 0 Å². The number of carbonyl (C=O) groups is 2. The summed E-state index contributed by atoms with van der Waals surface area (Å²) in [6, 6.07) is 0. The van der Waals surface area contributed by atoms with Gasteiger partial charge in [-0.15, -0.1) is 22.7 Å². The highest BCUT2D eigenvalue weighted by atomic mass is 79.9. The average molecular weight is 914 g/mol. The van der Waals surface area contributed by atoms with Gasteiger partial charge in [0.2, 0.25) is 0 Å². The standard InChI is InChI=1S/C12H18BrN3O2S.C9H18N2O2.C6H15N.C3HBr2NS.CH3F/c1-12(2,3)18-11(17)16-6-4-15(5-7-16)10-14-9(13)8-19-10;1-9(2,3)13-8(12)11-6-4-10-5-7-11;1-4-7(5-2)6-3;4-2-1-7-3(5)6-2;1-2/h8H,4-7H2,1-3H3;10H,4-7H2,1-3H3;4-6H2,1-3H3;1H;1H3/i;;;;1D. The summed E-state index contributed by atoms with van der Waals surface area (Å²) >= 11 is 12.9. The van der Waals surface area contributed by atoms with Gasteiger partial charge in [0.25, 0.3) is 0 Å². The highest BCUT2D eigenvalue weighted by Crippen LogP contribution is 2.25. The van der Waals surface area contributed by atoms with Crippen LogP contribution in [0, 0.1) is 0 Å². The van der Waals surface area contributed by atoms with Gasteiger partial charge >= 0.3 is 12.2 Å². The third-order valence-electron chi connectivity index (χ3n) is 6.22. The average Bonchev–Trinajstić information content (AvgIpc) is 3.64. The number of hydrogen-bond donors (Lipinski definition) is 1. The van der Waals surface area contributed by atoms with E-state index in [0.717, 1.165) is 57.5 Å². The Labute approximate surface area is 322 Å². The Bertz CT molecular complexity index is 1150. The Morgan fingerprint density at radius 1 is 0.833 bits per heavy atom. The van der Waals surface area contributed by atoms with Gasteiger partial charge in [0, 0.05) is 63.1 Å². The first-order valence-electron chi connectivity index (χ1n) is 16.5. The first-order chi connectivity index (χ1) is 22.9. The van der Waals surface area contributed by atoms with E-state index in [1.807, 2.05) is 52.3 Å². The fourth-order valence-electron chi connectivity index (χ4n) is 3.88. The number of rotatable bonds is 4. The Hall–Kier alpha value is -1.11. The van der Waals surface area contributed by atoms with Crippen LogP contribution in [-0.4, -0.2) is 127 Å². The van der Waals surface area contributed by atoms with Gasteiger partial charge in [0.15, 0.2) is 9.05 Å². The number of amides is 2. The number of carbonyl (C=O) groups excluding carboxylic acids is 2. The number of nitrogens with one attached hydrogen (secondary N) is 1. The summed E-state index contributed by atoms with van der Waals surface area (Å²) in [6.07, 6.45) is -0.429. The number of alkyl halides is 1. The third-order valence-corrected chi connectivity index (χ3v) is 9.91. The zero-order valence-electron chi connectivity index (χ0n) is 30.8. The van der Waals surface area contributed by atoms with Crippen molar-refractivity contribution in [1.29, 1.82) is 0 Å². The second kappa shape index (κ2) is 24.9. The molecule has 0 saturated carbocycles. The van der Waals surface area contributed by atoms with Gasteiger partial charge in [-0.2, -0.15) is 0 Å². The lowest BCUT2D eigenvalue weighted by Crippen LogP contribution is -2.50. The second-order valence-corrected chi connectivity index (χ2v) is 16.8. The summed E-state index contributed by atoms with van der Waals surface area (Å²) in [5, 5.41) is 8.07. The molecular weight excluding hydrogens is 857 g/mol. The van der Waals surface area contributed by atoms with Crippen molar-refractivity contribution in [1.82, 2.24) is 30.0 Å². The van der Waals surface area contributed by atoms with Gasteiger partial charge in [-0.25, -0.2) is 19.6 Å². The molecule has 0 unspecified atom stereocenters. The molecule has 0 spiro atoms. The van der Waals surface area contributed by atoms with Crippen LogP contribution in [0.3, 0.4) is 0 Å². The number of nitrogens with zero attached hydrogens (tertiary/aromatic N) is 6. The molecule has 0 aromatic carbocycles. The van der Waals surface area contributed by atoms with E-state index in [0.29, 0.717) is 13.1 Å². The van der Waals surface area contributed by atoms with Gasteiger partial charge in [-0.1, -0.05) is 20.8 Å². The molecule has 1 N–H and O–H groups in total. The van der Waals surface area contributed by atoms with Crippen LogP contribution in [0.5, 0.6) is 0 Å². The molecule has 2 aliphatic rings. The van der Waals surface area contributed by atoms with Crippen LogP contribution in [0.15, 0.2) is 23.9 Å². The van der Waals surface area contributed by atoms with Crippen LogP contribution in [0.25, 0.3) is 0 Å². The Morgan fingerprint density at radius 2 is 1.25 bits per heavy atom. The number of hydrogen-bond acceptors (Lipinski definition) is 11. The minimum absolute atomic E-state index is 0.200. The van der Waals surface area contributed by atoms with Crippen LogP contribution in [-0.2, 0) is 9.47 Å². The first kappa shape index (κ1) is 44.9. The number of thiazole rings is 2. The molecule has 11 nitrogen and oxygen atoms in total. The number of halogens is 4. The van der Waals surface area contributed by atoms with E-state index in [9.17, 15) is 14.0 Å². The summed E-state index contributed by atoms with van der Waals surface area (Å²) in [5.74, 6) is 0. The normalized spacial score (nSPS) is 14.9. The highest BCUT2D eigenvalue weighted by Gasteiger charge is 2.27. The minimum atomic E-state index is -1.00. The molecule has 4 rings (SSSR count). The van der Waals surface area contributed by atoms with Gasteiger partial charge < -0.3 is 34.4 Å². The van der Waals surface area contributed by atoms with Crippen molar-refractivity contribution in [2.75, 3.05) is 84.0 Å². The summed E-state index contributed by atoms with van der Waals surface area (Å²) in [4.78, 5) is 39.8. The van der Waals surface area contributed by atoms with Crippen molar-refractivity contribution in [3.05, 3.63) is 23.9 Å². The van der Waals surface area contributed by atoms with Crippen LogP contribution in [0.4, 0.5) is 19.1 Å². The Balaban J connectivity index is 0.000000663. The molecule has 278 valence electrons. The van der Waals surface area contributed by atoms with Gasteiger partial charge in [0.1, 0.15) is 20.4 Å². The van der Waals surface area contributed by atoms with Crippen molar-refractivity contribution in [2.24, 2.45) is 0 Å². The lowest BCUT2D eigenvalue weighted by molar-refractivity contribution is 0.0223. The molecule has 0 radical (unpaired) electrons. The van der Waals surface area contributed by atoms with Crippen molar-refractivity contribution in [2.45, 2.75) is 73.5 Å². The molecular formula is C31H55Br3FN7O4S2. The molecule has 17 heteroatoms. The maximum absolute atomic E-state index is 11.9. The summed E-state index contributed by atoms with van der Waals surface area (Å²) in [6.45, 7) is 27.6. The van der Waals surface area contributed by atoms with Crippen molar-refractivity contribution < 1.29 is 24.8 Å². The molecule has 0 bridgehead atoms. The zero-order valence-corrected chi connectivity index (χ0v) is 36.2. The van der Waals surface area contributed by atoms with Gasteiger partial charge in [-0.3, -0.25) is 4.39 Å². The predicted octanol–water partition coefficient (Wildman–Crippen LogP) is 8.39. The molecule has 0 atom stereocenters. The molecule has 2 amide bonds. The maximum atomic E-state index is 11.9. The van der Waals surface area contributed by atoms with Gasteiger partial charge in [-0.05, 0) is 109 Å². The van der Waals surface area contributed by atoms with Gasteiger partial charge in [0.05, 0.1) is 8.52 Å². The maximum Gasteiger partial charge on any atom is 0.410 e. The molecule has 48 heavy (non-hydrogen) atoms. The summed E-state index contributed by atoms with van der Waals surface area (Å²) in [7, 11) is -1.00. The Morgan fingerprint density at radius 3 is 1.54 bits per heavy atom. The highest BCUT2D eigenvalue weighted by molar-refractivity contribution is 9.11. The summed E-state index contributed by atoms with van der Waals surface area (Å²) < 4.78 is 28.8. The van der Waals surface area contributed by atoms with Crippen LogP contribution >= 0.6 is 70.5 Å². The molecule has 4 heterocycles. The fraction of sp³-hybridized carbons (Fsp3) is 0.742. The number of anilines is 1. The summed E-state index contributed by atoms with van der Waals surface area (Å²) in [5.41, 5.74) is -0.823. The fourth-order valence-corrected chi connectivity index (χ4v) is 6.86. The van der Waals surface area contributed by atoms with Crippen molar-refractivity contribution in [3.63, 3.8) is 0 Å². The second-order valence-electron chi connectivity index (χ2n) is 12.2. The van der Waals surface area contributed by atoms with E-state index >= 15 is 0 Å². The molecule has 2 saturated heterocycles. The van der Waals surface area contributed by atoms with E-state index in [4.69, 9.17) is 10.8 Å². The van der Waals surface area contributed by atoms with E-state index < -0.39 is 12.8 Å². The lowest BCUT2D eigenvalue weighted by atomic mass is 10.2. The number of piperazine rings is 2. The largest absolute Gasteiger partial charge is 0.444 e. The molecule has 2 aliphatic heterocycles. The van der Waals surface area contributed by atoms with E-state index in [-0.39, 0.29) is 17.8 Å². The van der Waals surface area contributed by atoms with Crippen LogP contribution in [0.1, 0.15) is 63.7 Å². The molecule has 0 aliphatic carbocycles. The minimum Gasteiger partial charge on any atom is -0.444 e. The zero-order chi connectivity index (χ0) is 37.6. The van der Waals surface area contributed by atoms with Crippen molar-refractivity contribution in [3.8, 4) is 0 Å². The van der Waals surface area contributed by atoms with E-state index in [2.05, 4.69) is 93.6 Å². The molecule has 2 fully saturated rings. The van der Waals surface area contributed by atoms with Crippen molar-refractivity contribution >= 4 is 87.8 Å². The molecule has 2 aromatic heterocycles. The quantitative estimate of drug-likeness (QED) is 0.324. The van der Waals surface area contributed by atoms with Crippen LogP contribution < -0.4 is 10.2 Å². The first-order valence-corrected chi connectivity index (χ1v) is 19.9. The SMILES string of the molecule is Brc1csc(Br)n1.CC(C)(C)OC(=O)N1CCN(c2nc(Br)cs2)CC1.CC(C)(C)OC(=O)N1CCNCC1.CCN(CC)CC.[2H]CF. The molecule has 2 aromatic rings. The number of ether oxygens (including phenoxy) is 2. The smallest absolute Gasteiger partial charge is 0.410 e. The van der Waals surface area contributed by atoms with E-state index in [1.54, 1.807) is 32.5 Å². The topological polar surface area (TPSA) is 103 Å². The van der Waals surface area contributed by atoms with E-state index in [1.165, 1.54) is 19.6 Å². The predicted molar refractivity (Wildman–Crippen MR) is 209 cm³/mol. The number of aromatic nitrogens is 2. The Kier molecular flexibility index (Phi) is 23.3.